The van der Waals surface area contributed by atoms with Crippen molar-refractivity contribution in [3.8, 4) is 5.75 Å². The van der Waals surface area contributed by atoms with E-state index in [1.165, 1.54) is 5.06 Å². The maximum atomic E-state index is 12.0. The Morgan fingerprint density at radius 2 is 2.25 bits per heavy atom. The summed E-state index contributed by atoms with van der Waals surface area (Å²) in [5.41, 5.74) is 1.00. The van der Waals surface area contributed by atoms with Crippen LogP contribution in [0, 0.1) is 6.92 Å². The monoisotopic (exact) mass is 221 g/mol. The summed E-state index contributed by atoms with van der Waals surface area (Å²) in [6.45, 7) is 2.92. The van der Waals surface area contributed by atoms with Gasteiger partial charge < -0.3 is 5.11 Å². The summed E-state index contributed by atoms with van der Waals surface area (Å²) >= 11 is 0. The number of benzene rings is 1. The minimum atomic E-state index is -0.263. The zero-order chi connectivity index (χ0) is 11.5. The molecule has 4 nitrogen and oxygen atoms in total. The van der Waals surface area contributed by atoms with E-state index in [-0.39, 0.29) is 11.7 Å². The Kier molecular flexibility index (Phi) is 3.10. The maximum Gasteiger partial charge on any atom is 0.281 e. The molecule has 1 fully saturated rings. The number of carbonyl (C=O) groups excluding carboxylic acids is 1. The summed E-state index contributed by atoms with van der Waals surface area (Å²) < 4.78 is 0. The quantitative estimate of drug-likeness (QED) is 0.787. The van der Waals surface area contributed by atoms with Crippen molar-refractivity contribution >= 4 is 5.91 Å². The van der Waals surface area contributed by atoms with E-state index < -0.39 is 0 Å². The Balaban J connectivity index is 2.22. The second kappa shape index (κ2) is 4.53. The van der Waals surface area contributed by atoms with E-state index in [0.717, 1.165) is 12.8 Å². The summed E-state index contributed by atoms with van der Waals surface area (Å²) in [5.74, 6) is -0.220. The van der Waals surface area contributed by atoms with Gasteiger partial charge in [0.25, 0.3) is 5.91 Å². The lowest BCUT2D eigenvalue weighted by molar-refractivity contribution is -0.144. The van der Waals surface area contributed by atoms with Gasteiger partial charge in [0.2, 0.25) is 0 Å². The molecule has 86 valence electrons. The molecule has 16 heavy (non-hydrogen) atoms. The van der Waals surface area contributed by atoms with Gasteiger partial charge in [-0.25, -0.2) is 5.06 Å². The predicted octanol–water partition coefficient (Wildman–Crippen LogP) is 1.87. The van der Waals surface area contributed by atoms with Gasteiger partial charge >= 0.3 is 0 Å². The van der Waals surface area contributed by atoms with Crippen molar-refractivity contribution < 1.29 is 14.7 Å². The molecule has 2 rings (SSSR count). The fourth-order valence-corrected chi connectivity index (χ4v) is 1.72. The van der Waals surface area contributed by atoms with Crippen LogP contribution in [0.5, 0.6) is 5.75 Å². The summed E-state index contributed by atoms with van der Waals surface area (Å²) in [6.07, 6.45) is 1.92. The van der Waals surface area contributed by atoms with Crippen molar-refractivity contribution in [3.63, 3.8) is 0 Å². The third-order valence-electron chi connectivity index (χ3n) is 2.70. The number of hydrogen-bond donors (Lipinski definition) is 1. The lowest BCUT2D eigenvalue weighted by Gasteiger charge is -2.26. The fourth-order valence-electron chi connectivity index (χ4n) is 1.72. The van der Waals surface area contributed by atoms with Crippen LogP contribution in [0.1, 0.15) is 28.8 Å². The van der Waals surface area contributed by atoms with Gasteiger partial charge in [-0.2, -0.15) is 0 Å². The second-order valence-corrected chi connectivity index (χ2v) is 3.92. The third-order valence-corrected chi connectivity index (χ3v) is 2.70. The van der Waals surface area contributed by atoms with Gasteiger partial charge in [0.05, 0.1) is 12.2 Å². The number of carbonyl (C=O) groups is 1. The van der Waals surface area contributed by atoms with Crippen LogP contribution >= 0.6 is 0 Å². The number of hydrogen-bond acceptors (Lipinski definition) is 3. The number of nitrogens with zero attached hydrogens (tertiary/aromatic N) is 1. The molecule has 0 saturated carbocycles. The minimum absolute atomic E-state index is 0.0432. The first-order chi connectivity index (χ1) is 7.70. The fraction of sp³-hybridized carbons (Fsp3) is 0.417. The highest BCUT2D eigenvalue weighted by molar-refractivity contribution is 5.96. The zero-order valence-electron chi connectivity index (χ0n) is 9.27. The molecule has 1 heterocycles. The van der Waals surface area contributed by atoms with Gasteiger partial charge in [-0.15, -0.1) is 0 Å². The number of aromatic hydroxyl groups is 1. The van der Waals surface area contributed by atoms with E-state index in [0.29, 0.717) is 24.3 Å². The Morgan fingerprint density at radius 1 is 1.44 bits per heavy atom. The Labute approximate surface area is 94.4 Å². The van der Waals surface area contributed by atoms with Crippen LogP contribution in [0.2, 0.25) is 0 Å². The van der Waals surface area contributed by atoms with E-state index >= 15 is 0 Å². The van der Waals surface area contributed by atoms with Crippen molar-refractivity contribution in [1.29, 1.82) is 0 Å². The number of para-hydroxylation sites is 1. The predicted molar refractivity (Wildman–Crippen MR) is 59.1 cm³/mol. The first kappa shape index (κ1) is 11.0. The van der Waals surface area contributed by atoms with Crippen LogP contribution in [0.4, 0.5) is 0 Å². The normalized spacial score (nSPS) is 16.2. The summed E-state index contributed by atoms with van der Waals surface area (Å²) in [7, 11) is 0. The number of aryl methyl sites for hydroxylation is 1. The van der Waals surface area contributed by atoms with E-state index in [1.807, 2.05) is 0 Å². The Bertz CT molecular complexity index is 397. The van der Waals surface area contributed by atoms with Gasteiger partial charge in [0.1, 0.15) is 5.75 Å². The van der Waals surface area contributed by atoms with Crippen molar-refractivity contribution in [2.45, 2.75) is 19.8 Å². The van der Waals surface area contributed by atoms with Gasteiger partial charge in [0, 0.05) is 6.54 Å². The van der Waals surface area contributed by atoms with Gasteiger partial charge in [-0.1, -0.05) is 12.1 Å². The molecular formula is C12H15NO3. The van der Waals surface area contributed by atoms with E-state index in [9.17, 15) is 9.90 Å². The third kappa shape index (κ3) is 2.02. The number of hydroxylamine groups is 2. The first-order valence-corrected chi connectivity index (χ1v) is 5.43. The molecule has 1 saturated heterocycles. The van der Waals surface area contributed by atoms with Crippen molar-refractivity contribution in [3.05, 3.63) is 29.3 Å². The van der Waals surface area contributed by atoms with E-state index in [2.05, 4.69) is 0 Å². The molecule has 1 aromatic carbocycles. The summed E-state index contributed by atoms with van der Waals surface area (Å²) in [4.78, 5) is 17.3. The minimum Gasteiger partial charge on any atom is -0.507 e. The summed E-state index contributed by atoms with van der Waals surface area (Å²) in [6, 6.07) is 5.14. The highest BCUT2D eigenvalue weighted by atomic mass is 16.7. The highest BCUT2D eigenvalue weighted by Crippen LogP contribution is 2.23. The average molecular weight is 221 g/mol. The molecular weight excluding hydrogens is 206 g/mol. The van der Waals surface area contributed by atoms with Crippen LogP contribution in [0.15, 0.2) is 18.2 Å². The molecule has 1 N–H and O–H groups in total. The number of rotatable bonds is 1. The molecule has 1 aliphatic rings. The molecule has 0 radical (unpaired) electrons. The lowest BCUT2D eigenvalue weighted by atomic mass is 10.1. The van der Waals surface area contributed by atoms with Gasteiger partial charge in [-0.3, -0.25) is 9.63 Å². The topological polar surface area (TPSA) is 49.8 Å². The van der Waals surface area contributed by atoms with Gasteiger partial charge in [-0.05, 0) is 31.4 Å². The van der Waals surface area contributed by atoms with Gasteiger partial charge in [0.15, 0.2) is 0 Å². The van der Waals surface area contributed by atoms with Crippen LogP contribution in [0.3, 0.4) is 0 Å². The first-order valence-electron chi connectivity index (χ1n) is 5.43. The number of amides is 1. The highest BCUT2D eigenvalue weighted by Gasteiger charge is 2.22. The molecule has 0 unspecified atom stereocenters. The molecule has 4 heteroatoms. The van der Waals surface area contributed by atoms with E-state index in [1.54, 1.807) is 25.1 Å². The van der Waals surface area contributed by atoms with Crippen LogP contribution < -0.4 is 0 Å². The molecule has 0 aromatic heterocycles. The van der Waals surface area contributed by atoms with Crippen molar-refractivity contribution in [2.75, 3.05) is 13.2 Å². The van der Waals surface area contributed by atoms with Crippen molar-refractivity contribution in [2.24, 2.45) is 0 Å². The zero-order valence-corrected chi connectivity index (χ0v) is 9.27. The maximum absolute atomic E-state index is 12.0. The molecule has 1 aromatic rings. The second-order valence-electron chi connectivity index (χ2n) is 3.92. The number of phenolic OH excluding ortho intramolecular Hbond substituents is 1. The van der Waals surface area contributed by atoms with E-state index in [4.69, 9.17) is 4.84 Å². The average Bonchev–Trinajstić information content (AvgIpc) is 2.33. The SMILES string of the molecule is Cc1cccc(C(=O)N2CCCCO2)c1O. The van der Waals surface area contributed by atoms with Crippen LogP contribution in [0.25, 0.3) is 0 Å². The van der Waals surface area contributed by atoms with Crippen LogP contribution in [-0.4, -0.2) is 29.2 Å². The molecule has 0 spiro atoms. The molecule has 0 atom stereocenters. The summed E-state index contributed by atoms with van der Waals surface area (Å²) in [5, 5.41) is 11.1. The molecule has 1 aliphatic heterocycles. The Morgan fingerprint density at radius 3 is 2.94 bits per heavy atom. The lowest BCUT2D eigenvalue weighted by Crippen LogP contribution is -2.35. The molecule has 1 amide bonds. The molecule has 0 bridgehead atoms. The standard InChI is InChI=1S/C12H15NO3/c1-9-5-4-6-10(11(9)14)12(15)13-7-2-3-8-16-13/h4-6,14H,2-3,7-8H2,1H3. The smallest absolute Gasteiger partial charge is 0.281 e. The van der Waals surface area contributed by atoms with Crippen LogP contribution in [-0.2, 0) is 4.84 Å². The largest absolute Gasteiger partial charge is 0.507 e. The number of phenols is 1. The molecule has 0 aliphatic carbocycles. The van der Waals surface area contributed by atoms with Crippen molar-refractivity contribution in [1.82, 2.24) is 5.06 Å². The Hall–Kier alpha value is -1.55.